The number of ether oxygens (including phenoxy) is 1. The molecule has 1 fully saturated rings. The summed E-state index contributed by atoms with van der Waals surface area (Å²) < 4.78 is 19.1. The molecule has 0 bridgehead atoms. The Bertz CT molecular complexity index is 434. The predicted octanol–water partition coefficient (Wildman–Crippen LogP) is 3.29. The van der Waals surface area contributed by atoms with Gasteiger partial charge in [0.1, 0.15) is 0 Å². The highest BCUT2D eigenvalue weighted by molar-refractivity contribution is 9.10. The van der Waals surface area contributed by atoms with Gasteiger partial charge in [-0.2, -0.15) is 4.39 Å². The van der Waals surface area contributed by atoms with Crippen LogP contribution in [0, 0.1) is 21.8 Å². The lowest BCUT2D eigenvalue weighted by atomic mass is 10.3. The molecule has 0 aromatic heterocycles. The molecule has 4 nitrogen and oxygen atoms in total. The van der Waals surface area contributed by atoms with E-state index in [1.165, 1.54) is 6.07 Å². The van der Waals surface area contributed by atoms with Crippen LogP contribution in [0.5, 0.6) is 5.75 Å². The van der Waals surface area contributed by atoms with Gasteiger partial charge in [0.2, 0.25) is 11.6 Å². The molecule has 0 heterocycles. The van der Waals surface area contributed by atoms with Crippen molar-refractivity contribution in [3.05, 3.63) is 32.5 Å². The van der Waals surface area contributed by atoms with Crippen LogP contribution in [0.25, 0.3) is 0 Å². The summed E-state index contributed by atoms with van der Waals surface area (Å²) >= 11 is 3.08. The Balaban J connectivity index is 2.27. The number of halogens is 2. The zero-order valence-corrected chi connectivity index (χ0v) is 9.87. The summed E-state index contributed by atoms with van der Waals surface area (Å²) in [6, 6.07) is 2.48. The van der Waals surface area contributed by atoms with Crippen LogP contribution >= 0.6 is 15.9 Å². The van der Waals surface area contributed by atoms with Gasteiger partial charge in [0.25, 0.3) is 0 Å². The van der Waals surface area contributed by atoms with E-state index in [9.17, 15) is 14.5 Å². The molecule has 16 heavy (non-hydrogen) atoms. The second-order valence-electron chi connectivity index (χ2n) is 3.75. The average molecular weight is 290 g/mol. The Kier molecular flexibility index (Phi) is 3.09. The standard InChI is InChI=1S/C10H9BrFNO3/c11-7-3-8(12)10(13(14)15)9(4-7)16-5-6-1-2-6/h3-4,6H,1-2,5H2. The van der Waals surface area contributed by atoms with Crippen LogP contribution in [-0.2, 0) is 0 Å². The number of nitrogens with zero attached hydrogens (tertiary/aromatic N) is 1. The Hall–Kier alpha value is -1.17. The minimum Gasteiger partial charge on any atom is -0.486 e. The number of hydrogen-bond acceptors (Lipinski definition) is 3. The maximum atomic E-state index is 13.4. The van der Waals surface area contributed by atoms with Crippen molar-refractivity contribution in [3.8, 4) is 5.75 Å². The molecule has 0 spiro atoms. The molecule has 1 aliphatic carbocycles. The fraction of sp³-hybridized carbons (Fsp3) is 0.400. The quantitative estimate of drug-likeness (QED) is 0.631. The number of rotatable bonds is 4. The molecule has 1 aromatic carbocycles. The van der Waals surface area contributed by atoms with Gasteiger partial charge in [0.15, 0.2) is 0 Å². The van der Waals surface area contributed by atoms with Gasteiger partial charge in [-0.1, -0.05) is 15.9 Å². The van der Waals surface area contributed by atoms with E-state index in [1.807, 2.05) is 0 Å². The van der Waals surface area contributed by atoms with Crippen molar-refractivity contribution in [1.82, 2.24) is 0 Å². The van der Waals surface area contributed by atoms with E-state index in [0.29, 0.717) is 17.0 Å². The number of nitro benzene ring substituents is 1. The van der Waals surface area contributed by atoms with Gasteiger partial charge in [-0.05, 0) is 24.8 Å². The maximum Gasteiger partial charge on any atom is 0.346 e. The molecule has 86 valence electrons. The minimum absolute atomic E-state index is 0.0104. The molecule has 0 radical (unpaired) electrons. The molecule has 1 aromatic rings. The summed E-state index contributed by atoms with van der Waals surface area (Å²) in [4.78, 5) is 9.92. The van der Waals surface area contributed by atoms with Crippen molar-refractivity contribution in [3.63, 3.8) is 0 Å². The second-order valence-corrected chi connectivity index (χ2v) is 4.66. The van der Waals surface area contributed by atoms with E-state index in [1.54, 1.807) is 0 Å². The molecule has 0 atom stereocenters. The summed E-state index contributed by atoms with van der Waals surface area (Å²) in [5, 5.41) is 10.7. The highest BCUT2D eigenvalue weighted by Gasteiger charge is 2.26. The number of hydrogen-bond donors (Lipinski definition) is 0. The second kappa shape index (κ2) is 4.37. The van der Waals surface area contributed by atoms with Crippen molar-refractivity contribution < 1.29 is 14.1 Å². The third-order valence-electron chi connectivity index (χ3n) is 2.35. The molecule has 1 aliphatic rings. The lowest BCUT2D eigenvalue weighted by Gasteiger charge is -2.06. The topological polar surface area (TPSA) is 52.4 Å². The molecule has 0 aliphatic heterocycles. The molecule has 6 heteroatoms. The fourth-order valence-electron chi connectivity index (χ4n) is 1.32. The molecule has 2 rings (SSSR count). The minimum atomic E-state index is -0.884. The van der Waals surface area contributed by atoms with E-state index in [-0.39, 0.29) is 5.75 Å². The maximum absolute atomic E-state index is 13.4. The largest absolute Gasteiger partial charge is 0.486 e. The summed E-state index contributed by atoms with van der Waals surface area (Å²) in [6.45, 7) is 0.413. The number of benzene rings is 1. The first kappa shape index (κ1) is 11.3. The first-order chi connectivity index (χ1) is 7.58. The van der Waals surface area contributed by atoms with Gasteiger partial charge in [-0.3, -0.25) is 10.1 Å². The Morgan fingerprint density at radius 2 is 2.25 bits per heavy atom. The third-order valence-corrected chi connectivity index (χ3v) is 2.81. The zero-order chi connectivity index (χ0) is 11.7. The smallest absolute Gasteiger partial charge is 0.346 e. The fourth-order valence-corrected chi connectivity index (χ4v) is 1.73. The first-order valence-electron chi connectivity index (χ1n) is 4.84. The van der Waals surface area contributed by atoms with E-state index in [0.717, 1.165) is 18.9 Å². The van der Waals surface area contributed by atoms with Crippen LogP contribution in [0.3, 0.4) is 0 Å². The van der Waals surface area contributed by atoms with Crippen LogP contribution in [0.4, 0.5) is 10.1 Å². The van der Waals surface area contributed by atoms with Crippen LogP contribution < -0.4 is 4.74 Å². The zero-order valence-electron chi connectivity index (χ0n) is 8.28. The van der Waals surface area contributed by atoms with Crippen molar-refractivity contribution in [2.45, 2.75) is 12.8 Å². The summed E-state index contributed by atoms with van der Waals surface area (Å²) in [5.74, 6) is -0.435. The first-order valence-corrected chi connectivity index (χ1v) is 5.63. The van der Waals surface area contributed by atoms with Crippen molar-refractivity contribution in [1.29, 1.82) is 0 Å². The monoisotopic (exact) mass is 289 g/mol. The Labute approximate surface area is 99.7 Å². The predicted molar refractivity (Wildman–Crippen MR) is 59.0 cm³/mol. The molecular formula is C10H9BrFNO3. The summed E-state index contributed by atoms with van der Waals surface area (Å²) in [6.07, 6.45) is 2.15. The average Bonchev–Trinajstić information content (AvgIpc) is 2.95. The highest BCUT2D eigenvalue weighted by atomic mass is 79.9. The lowest BCUT2D eigenvalue weighted by Crippen LogP contribution is -2.03. The number of nitro groups is 1. The Morgan fingerprint density at radius 1 is 1.56 bits per heavy atom. The highest BCUT2D eigenvalue weighted by Crippen LogP contribution is 2.36. The van der Waals surface area contributed by atoms with Gasteiger partial charge >= 0.3 is 5.69 Å². The van der Waals surface area contributed by atoms with Gasteiger partial charge in [0, 0.05) is 10.5 Å². The van der Waals surface area contributed by atoms with E-state index >= 15 is 0 Å². The normalized spacial score (nSPS) is 14.9. The van der Waals surface area contributed by atoms with E-state index in [4.69, 9.17) is 4.74 Å². The summed E-state index contributed by atoms with van der Waals surface area (Å²) in [5.41, 5.74) is -0.594. The molecule has 0 saturated heterocycles. The Morgan fingerprint density at radius 3 is 2.81 bits per heavy atom. The molecule has 0 N–H and O–H groups in total. The molecule has 1 saturated carbocycles. The molecule has 0 unspecified atom stereocenters. The van der Waals surface area contributed by atoms with Crippen molar-refractivity contribution in [2.75, 3.05) is 6.61 Å². The molecule has 0 amide bonds. The van der Waals surface area contributed by atoms with Crippen molar-refractivity contribution >= 4 is 21.6 Å². The van der Waals surface area contributed by atoms with Crippen LogP contribution in [0.2, 0.25) is 0 Å². The van der Waals surface area contributed by atoms with Gasteiger partial charge in [0.05, 0.1) is 11.5 Å². The van der Waals surface area contributed by atoms with Crippen LogP contribution in [0.1, 0.15) is 12.8 Å². The van der Waals surface area contributed by atoms with E-state index < -0.39 is 16.4 Å². The van der Waals surface area contributed by atoms with Gasteiger partial charge in [-0.15, -0.1) is 0 Å². The van der Waals surface area contributed by atoms with Gasteiger partial charge < -0.3 is 4.74 Å². The lowest BCUT2D eigenvalue weighted by molar-refractivity contribution is -0.388. The van der Waals surface area contributed by atoms with Crippen LogP contribution in [0.15, 0.2) is 16.6 Å². The van der Waals surface area contributed by atoms with Crippen molar-refractivity contribution in [2.24, 2.45) is 5.92 Å². The third kappa shape index (κ3) is 2.49. The SMILES string of the molecule is O=[N+]([O-])c1c(F)cc(Br)cc1OCC1CC1. The summed E-state index contributed by atoms with van der Waals surface area (Å²) in [7, 11) is 0. The van der Waals surface area contributed by atoms with E-state index in [2.05, 4.69) is 15.9 Å². The molecular weight excluding hydrogens is 281 g/mol. The van der Waals surface area contributed by atoms with Gasteiger partial charge in [-0.25, -0.2) is 0 Å². The van der Waals surface area contributed by atoms with Crippen LogP contribution in [-0.4, -0.2) is 11.5 Å².